The van der Waals surface area contributed by atoms with Crippen LogP contribution in [-0.2, 0) is 12.3 Å². The maximum atomic E-state index is 14.7. The van der Waals surface area contributed by atoms with Gasteiger partial charge >= 0.3 is 0 Å². The Morgan fingerprint density at radius 2 is 1.92 bits per heavy atom. The molecular weight excluding hydrogens is 493 g/mol. The second-order valence-corrected chi connectivity index (χ2v) is 9.16. The highest BCUT2D eigenvalue weighted by Crippen LogP contribution is 2.31. The largest absolute Gasteiger partial charge is 0.475 e. The highest BCUT2D eigenvalue weighted by Gasteiger charge is 2.29. The standard InChI is InChI=1S/C29H39F3N4O2/c1-8-20(5)14-15-34-35(7)26-17-25(30)22(9-2)16-24(26)28(37)36(11-4)21(6)19-38-27-13-12-23(18-33-27)29(31,32)10-3/h12-18,21H,8-11,19H2,1-7H3/b20-14+,34-15-/t21-/m0/s1. The predicted molar refractivity (Wildman–Crippen MR) is 147 cm³/mol. The second kappa shape index (κ2) is 14.0. The molecule has 0 spiro atoms. The summed E-state index contributed by atoms with van der Waals surface area (Å²) in [6, 6.07) is 5.24. The van der Waals surface area contributed by atoms with Crippen molar-refractivity contribution in [3.05, 3.63) is 64.6 Å². The lowest BCUT2D eigenvalue weighted by atomic mass is 10.0. The molecule has 2 rings (SSSR count). The van der Waals surface area contributed by atoms with Gasteiger partial charge in [-0.05, 0) is 57.4 Å². The molecule has 1 amide bonds. The van der Waals surface area contributed by atoms with Crippen molar-refractivity contribution in [2.45, 2.75) is 72.8 Å². The Bertz CT molecular complexity index is 1130. The summed E-state index contributed by atoms with van der Waals surface area (Å²) < 4.78 is 48.2. The van der Waals surface area contributed by atoms with Gasteiger partial charge in [-0.3, -0.25) is 9.80 Å². The van der Waals surface area contributed by atoms with Crippen LogP contribution in [0, 0.1) is 5.82 Å². The normalized spacial score (nSPS) is 13.1. The summed E-state index contributed by atoms with van der Waals surface area (Å²) in [6.07, 6.45) is 5.60. The van der Waals surface area contributed by atoms with Crippen molar-refractivity contribution in [3.8, 4) is 5.88 Å². The van der Waals surface area contributed by atoms with Crippen molar-refractivity contribution >= 4 is 17.8 Å². The van der Waals surface area contributed by atoms with Crippen LogP contribution in [0.3, 0.4) is 0 Å². The fraction of sp³-hybridized carbons (Fsp3) is 0.483. The molecule has 38 heavy (non-hydrogen) atoms. The molecular formula is C29H39F3N4O2. The van der Waals surface area contributed by atoms with E-state index in [4.69, 9.17) is 4.74 Å². The van der Waals surface area contributed by atoms with Crippen LogP contribution >= 0.6 is 0 Å². The van der Waals surface area contributed by atoms with E-state index in [0.29, 0.717) is 29.8 Å². The number of hydrazone groups is 1. The van der Waals surface area contributed by atoms with Gasteiger partial charge in [-0.2, -0.15) is 5.10 Å². The lowest BCUT2D eigenvalue weighted by Crippen LogP contribution is -2.42. The number of alkyl halides is 2. The maximum Gasteiger partial charge on any atom is 0.274 e. The first-order chi connectivity index (χ1) is 18.0. The number of benzene rings is 1. The third-order valence-corrected chi connectivity index (χ3v) is 6.49. The molecule has 1 aromatic carbocycles. The molecule has 0 aliphatic rings. The van der Waals surface area contributed by atoms with Gasteiger partial charge in [0, 0.05) is 50.1 Å². The molecule has 2 aromatic rings. The molecule has 0 aliphatic heterocycles. The van der Waals surface area contributed by atoms with E-state index in [2.05, 4.69) is 10.1 Å². The van der Waals surface area contributed by atoms with Crippen molar-refractivity contribution in [1.82, 2.24) is 9.88 Å². The zero-order valence-corrected chi connectivity index (χ0v) is 23.4. The number of allylic oxidation sites excluding steroid dienone is 2. The third kappa shape index (κ3) is 7.82. The first-order valence-electron chi connectivity index (χ1n) is 13.0. The average molecular weight is 533 g/mol. The van der Waals surface area contributed by atoms with Crippen LogP contribution in [0.1, 0.15) is 75.9 Å². The molecule has 1 aromatic heterocycles. The summed E-state index contributed by atoms with van der Waals surface area (Å²) >= 11 is 0. The lowest BCUT2D eigenvalue weighted by Gasteiger charge is -2.29. The first kappa shape index (κ1) is 30.9. The second-order valence-electron chi connectivity index (χ2n) is 9.16. The number of hydrogen-bond acceptors (Lipinski definition) is 5. The molecule has 0 saturated heterocycles. The van der Waals surface area contributed by atoms with E-state index < -0.39 is 11.7 Å². The van der Waals surface area contributed by atoms with Crippen LogP contribution < -0.4 is 9.75 Å². The number of amides is 1. The van der Waals surface area contributed by atoms with Gasteiger partial charge in [0.1, 0.15) is 12.4 Å². The van der Waals surface area contributed by atoms with Gasteiger partial charge in [0.25, 0.3) is 11.8 Å². The maximum absolute atomic E-state index is 14.7. The number of anilines is 1. The average Bonchev–Trinajstić information content (AvgIpc) is 2.91. The Morgan fingerprint density at radius 3 is 2.47 bits per heavy atom. The van der Waals surface area contributed by atoms with E-state index in [1.165, 1.54) is 30.1 Å². The Balaban J connectivity index is 2.27. The van der Waals surface area contributed by atoms with E-state index in [0.717, 1.165) is 18.2 Å². The first-order valence-corrected chi connectivity index (χ1v) is 13.0. The number of likely N-dealkylation sites (N-methyl/N-ethyl adjacent to an activating group) is 1. The smallest absolute Gasteiger partial charge is 0.274 e. The molecule has 9 heteroatoms. The zero-order chi connectivity index (χ0) is 28.5. The van der Waals surface area contributed by atoms with Gasteiger partial charge in [0.2, 0.25) is 5.88 Å². The van der Waals surface area contributed by atoms with Crippen LogP contribution in [-0.4, -0.2) is 48.2 Å². The number of aromatic nitrogens is 1. The molecule has 0 bridgehead atoms. The molecule has 0 N–H and O–H groups in total. The predicted octanol–water partition coefficient (Wildman–Crippen LogP) is 6.99. The van der Waals surface area contributed by atoms with Crippen LogP contribution in [0.25, 0.3) is 0 Å². The van der Waals surface area contributed by atoms with Gasteiger partial charge < -0.3 is 9.64 Å². The Hall–Kier alpha value is -3.36. The Kier molecular flexibility index (Phi) is 11.4. The molecule has 0 saturated carbocycles. The molecule has 6 nitrogen and oxygen atoms in total. The van der Waals surface area contributed by atoms with E-state index >= 15 is 0 Å². The fourth-order valence-electron chi connectivity index (χ4n) is 3.75. The van der Waals surface area contributed by atoms with Crippen LogP contribution in [0.15, 0.2) is 47.2 Å². The van der Waals surface area contributed by atoms with E-state index in [9.17, 15) is 18.0 Å². The fourth-order valence-corrected chi connectivity index (χ4v) is 3.75. The summed E-state index contributed by atoms with van der Waals surface area (Å²) in [5.41, 5.74) is 2.08. The molecule has 0 fully saturated rings. The minimum atomic E-state index is -2.95. The van der Waals surface area contributed by atoms with Gasteiger partial charge in [-0.1, -0.05) is 26.3 Å². The van der Waals surface area contributed by atoms with E-state index in [1.54, 1.807) is 24.2 Å². The third-order valence-electron chi connectivity index (χ3n) is 6.49. The number of hydrogen-bond donors (Lipinski definition) is 0. The van der Waals surface area contributed by atoms with Crippen molar-refractivity contribution in [3.63, 3.8) is 0 Å². The van der Waals surface area contributed by atoms with Crippen LogP contribution in [0.4, 0.5) is 18.9 Å². The molecule has 208 valence electrons. The van der Waals surface area contributed by atoms with Crippen molar-refractivity contribution in [2.75, 3.05) is 25.2 Å². The Morgan fingerprint density at radius 1 is 1.21 bits per heavy atom. The summed E-state index contributed by atoms with van der Waals surface area (Å²) in [5, 5.41) is 5.85. The Labute approximate surface area is 224 Å². The molecule has 1 atom stereocenters. The molecule has 0 radical (unpaired) electrons. The minimum absolute atomic E-state index is 0.0995. The number of nitrogens with zero attached hydrogens (tertiary/aromatic N) is 4. The molecule has 0 unspecified atom stereocenters. The SMILES string of the molecule is CC/C(C)=C/C=N\N(C)c1cc(F)c(CC)cc1C(=O)N(CC)[C@@H](C)COc1ccc(C(F)(F)CC)cn1. The number of rotatable bonds is 13. The zero-order valence-electron chi connectivity index (χ0n) is 23.4. The van der Waals surface area contributed by atoms with Gasteiger partial charge in [-0.15, -0.1) is 0 Å². The number of carbonyl (C=O) groups is 1. The molecule has 1 heterocycles. The number of carbonyl (C=O) groups excluding carboxylic acids is 1. The lowest BCUT2D eigenvalue weighted by molar-refractivity contribution is -0.00872. The van der Waals surface area contributed by atoms with Crippen molar-refractivity contribution in [2.24, 2.45) is 5.10 Å². The topological polar surface area (TPSA) is 58.0 Å². The number of halogens is 3. The minimum Gasteiger partial charge on any atom is -0.475 e. The monoisotopic (exact) mass is 532 g/mol. The van der Waals surface area contributed by atoms with E-state index in [1.807, 2.05) is 40.7 Å². The number of ether oxygens (including phenoxy) is 1. The summed E-state index contributed by atoms with van der Waals surface area (Å²) in [5.74, 6) is -3.45. The summed E-state index contributed by atoms with van der Waals surface area (Å²) in [7, 11) is 1.67. The van der Waals surface area contributed by atoms with Crippen LogP contribution in [0.2, 0.25) is 0 Å². The van der Waals surface area contributed by atoms with Crippen molar-refractivity contribution in [1.29, 1.82) is 0 Å². The van der Waals surface area contributed by atoms with Crippen molar-refractivity contribution < 1.29 is 22.7 Å². The quantitative estimate of drug-likeness (QED) is 0.206. The van der Waals surface area contributed by atoms with Gasteiger partial charge in [-0.25, -0.2) is 18.2 Å². The summed E-state index contributed by atoms with van der Waals surface area (Å²) in [6.45, 7) is 11.4. The highest BCUT2D eigenvalue weighted by molar-refractivity contribution is 6.00. The van der Waals surface area contributed by atoms with E-state index in [-0.39, 0.29) is 36.4 Å². The summed E-state index contributed by atoms with van der Waals surface area (Å²) in [4.78, 5) is 19.3. The van der Waals surface area contributed by atoms with Crippen LogP contribution in [0.5, 0.6) is 5.88 Å². The highest BCUT2D eigenvalue weighted by atomic mass is 19.3. The molecule has 0 aliphatic carbocycles. The van der Waals surface area contributed by atoms with Gasteiger partial charge in [0.15, 0.2) is 0 Å². The number of pyridine rings is 1. The number of aryl methyl sites for hydroxylation is 1. The van der Waals surface area contributed by atoms with Gasteiger partial charge in [0.05, 0.1) is 17.3 Å².